The maximum atomic E-state index is 11.2. The fourth-order valence-corrected chi connectivity index (χ4v) is 2.04. The third-order valence-electron chi connectivity index (χ3n) is 2.36. The Morgan fingerprint density at radius 1 is 1.24 bits per heavy atom. The molecule has 0 aromatic heterocycles. The highest BCUT2D eigenvalue weighted by molar-refractivity contribution is 7.90. The van der Waals surface area contributed by atoms with E-state index < -0.39 is 9.84 Å². The van der Waals surface area contributed by atoms with Crippen molar-refractivity contribution in [3.8, 4) is 6.07 Å². The fourth-order valence-electron chi connectivity index (χ4n) is 1.41. The first-order valence-corrected chi connectivity index (χ1v) is 7.30. The number of hydrogen-bond donors (Lipinski definition) is 1. The van der Waals surface area contributed by atoms with Gasteiger partial charge in [0.2, 0.25) is 0 Å². The lowest BCUT2D eigenvalue weighted by molar-refractivity contribution is 0.602. The molecule has 4 nitrogen and oxygen atoms in total. The summed E-state index contributed by atoms with van der Waals surface area (Å²) in [6.45, 7) is 1.48. The van der Waals surface area contributed by atoms with Crippen LogP contribution in [0.1, 0.15) is 12.0 Å². The van der Waals surface area contributed by atoms with Crippen molar-refractivity contribution in [2.75, 3.05) is 19.3 Å². The van der Waals surface area contributed by atoms with Gasteiger partial charge >= 0.3 is 0 Å². The minimum absolute atomic E-state index is 0.346. The Hall–Kier alpha value is -1.38. The maximum Gasteiger partial charge on any atom is 0.175 e. The van der Waals surface area contributed by atoms with Gasteiger partial charge in [-0.2, -0.15) is 5.26 Å². The molecule has 0 aliphatic rings. The van der Waals surface area contributed by atoms with Crippen molar-refractivity contribution in [2.24, 2.45) is 0 Å². The molecule has 0 fully saturated rings. The molecule has 0 heterocycles. The summed E-state index contributed by atoms with van der Waals surface area (Å²) in [4.78, 5) is 0.346. The lowest BCUT2D eigenvalue weighted by atomic mass is 10.1. The lowest BCUT2D eigenvalue weighted by Gasteiger charge is -2.04. The summed E-state index contributed by atoms with van der Waals surface area (Å²) in [5.74, 6) is 0. The Labute approximate surface area is 102 Å². The van der Waals surface area contributed by atoms with Crippen molar-refractivity contribution in [3.05, 3.63) is 29.8 Å². The van der Waals surface area contributed by atoms with Gasteiger partial charge in [0.1, 0.15) is 0 Å². The molecule has 0 atom stereocenters. The van der Waals surface area contributed by atoms with Gasteiger partial charge in [0, 0.05) is 19.2 Å². The first-order valence-electron chi connectivity index (χ1n) is 5.40. The number of rotatable bonds is 6. The van der Waals surface area contributed by atoms with Crippen LogP contribution in [0.15, 0.2) is 29.2 Å². The number of nitrogens with one attached hydrogen (secondary N) is 1. The Morgan fingerprint density at radius 2 is 1.88 bits per heavy atom. The first-order chi connectivity index (χ1) is 8.04. The van der Waals surface area contributed by atoms with Crippen LogP contribution in [-0.4, -0.2) is 27.8 Å². The minimum atomic E-state index is -3.10. The molecule has 1 N–H and O–H groups in total. The topological polar surface area (TPSA) is 70.0 Å². The zero-order chi connectivity index (χ0) is 12.7. The van der Waals surface area contributed by atoms with Crippen molar-refractivity contribution >= 4 is 9.84 Å². The fraction of sp³-hybridized carbons (Fsp3) is 0.417. The number of nitrogens with zero attached hydrogens (tertiary/aromatic N) is 1. The van der Waals surface area contributed by atoms with E-state index in [9.17, 15) is 8.42 Å². The summed E-state index contributed by atoms with van der Waals surface area (Å²) in [6, 6.07) is 8.95. The molecule has 0 bridgehead atoms. The molecule has 5 heteroatoms. The smallest absolute Gasteiger partial charge is 0.175 e. The molecular formula is C12H16N2O2S. The number of hydrogen-bond acceptors (Lipinski definition) is 4. The van der Waals surface area contributed by atoms with Crippen LogP contribution < -0.4 is 5.32 Å². The van der Waals surface area contributed by atoms with E-state index in [0.717, 1.165) is 18.5 Å². The van der Waals surface area contributed by atoms with Crippen molar-refractivity contribution in [2.45, 2.75) is 17.7 Å². The predicted molar refractivity (Wildman–Crippen MR) is 66.4 cm³/mol. The van der Waals surface area contributed by atoms with Gasteiger partial charge in [-0.25, -0.2) is 8.42 Å². The van der Waals surface area contributed by atoms with Crippen molar-refractivity contribution in [1.29, 1.82) is 5.26 Å². The van der Waals surface area contributed by atoms with E-state index in [-0.39, 0.29) is 0 Å². The molecule has 92 valence electrons. The van der Waals surface area contributed by atoms with Gasteiger partial charge in [0.05, 0.1) is 11.0 Å². The van der Waals surface area contributed by atoms with Crippen LogP contribution in [0.5, 0.6) is 0 Å². The number of nitriles is 1. The molecule has 1 aromatic rings. The van der Waals surface area contributed by atoms with Crippen molar-refractivity contribution < 1.29 is 8.42 Å². The Balaban J connectivity index is 2.44. The quantitative estimate of drug-likeness (QED) is 0.771. The van der Waals surface area contributed by atoms with E-state index in [4.69, 9.17) is 5.26 Å². The van der Waals surface area contributed by atoms with Crippen LogP contribution in [-0.2, 0) is 16.3 Å². The van der Waals surface area contributed by atoms with E-state index in [1.807, 2.05) is 12.1 Å². The van der Waals surface area contributed by atoms with Gasteiger partial charge in [0.15, 0.2) is 9.84 Å². The second kappa shape index (κ2) is 6.38. The van der Waals surface area contributed by atoms with Gasteiger partial charge < -0.3 is 5.32 Å². The van der Waals surface area contributed by atoms with Crippen LogP contribution in [0.4, 0.5) is 0 Å². The molecule has 0 saturated carbocycles. The normalized spacial score (nSPS) is 11.1. The van der Waals surface area contributed by atoms with E-state index >= 15 is 0 Å². The molecule has 0 saturated heterocycles. The SMILES string of the molecule is CS(=O)(=O)c1ccc(CCNCCC#N)cc1. The Kier molecular flexibility index (Phi) is 5.13. The van der Waals surface area contributed by atoms with Gasteiger partial charge in [-0.1, -0.05) is 12.1 Å². The van der Waals surface area contributed by atoms with Crippen molar-refractivity contribution in [3.63, 3.8) is 0 Å². The van der Waals surface area contributed by atoms with Gasteiger partial charge in [-0.3, -0.25) is 0 Å². The summed E-state index contributed by atoms with van der Waals surface area (Å²) >= 11 is 0. The molecule has 1 rings (SSSR count). The summed E-state index contributed by atoms with van der Waals surface area (Å²) in [6.07, 6.45) is 2.54. The average molecular weight is 252 g/mol. The first kappa shape index (κ1) is 13.7. The maximum absolute atomic E-state index is 11.2. The third-order valence-corrected chi connectivity index (χ3v) is 3.48. The second-order valence-corrected chi connectivity index (χ2v) is 5.84. The van der Waals surface area contributed by atoms with E-state index in [1.54, 1.807) is 12.1 Å². The molecular weight excluding hydrogens is 236 g/mol. The molecule has 0 radical (unpaired) electrons. The minimum Gasteiger partial charge on any atom is -0.315 e. The highest BCUT2D eigenvalue weighted by Gasteiger charge is 2.05. The third kappa shape index (κ3) is 4.98. The van der Waals surface area contributed by atoms with Crippen LogP contribution in [0, 0.1) is 11.3 Å². The predicted octanol–water partition coefficient (Wildman–Crippen LogP) is 1.14. The lowest BCUT2D eigenvalue weighted by Crippen LogP contribution is -2.18. The summed E-state index contributed by atoms with van der Waals surface area (Å²) in [7, 11) is -3.10. The second-order valence-electron chi connectivity index (χ2n) is 3.82. The van der Waals surface area contributed by atoms with Crippen LogP contribution >= 0.6 is 0 Å². The summed E-state index contributed by atoms with van der Waals surface area (Å²) in [5, 5.41) is 11.5. The Bertz CT molecular complexity index is 486. The van der Waals surface area contributed by atoms with Gasteiger partial charge in [0.25, 0.3) is 0 Å². The molecule has 0 amide bonds. The highest BCUT2D eigenvalue weighted by atomic mass is 32.2. The average Bonchev–Trinajstić information content (AvgIpc) is 2.28. The number of benzene rings is 1. The van der Waals surface area contributed by atoms with Gasteiger partial charge in [-0.15, -0.1) is 0 Å². The zero-order valence-electron chi connectivity index (χ0n) is 9.81. The summed E-state index contributed by atoms with van der Waals surface area (Å²) in [5.41, 5.74) is 1.09. The van der Waals surface area contributed by atoms with E-state index in [1.165, 1.54) is 6.26 Å². The standard InChI is InChI=1S/C12H16N2O2S/c1-17(15,16)12-5-3-11(4-6-12)7-10-14-9-2-8-13/h3-6,14H,2,7,9-10H2,1H3. The number of sulfone groups is 1. The van der Waals surface area contributed by atoms with Crippen LogP contribution in [0.3, 0.4) is 0 Å². The van der Waals surface area contributed by atoms with Crippen LogP contribution in [0.2, 0.25) is 0 Å². The molecule has 0 spiro atoms. The molecule has 0 aliphatic heterocycles. The van der Waals surface area contributed by atoms with E-state index in [2.05, 4.69) is 11.4 Å². The van der Waals surface area contributed by atoms with Crippen LogP contribution in [0.25, 0.3) is 0 Å². The van der Waals surface area contributed by atoms with Gasteiger partial charge in [-0.05, 0) is 30.7 Å². The van der Waals surface area contributed by atoms with Crippen molar-refractivity contribution in [1.82, 2.24) is 5.32 Å². The molecule has 17 heavy (non-hydrogen) atoms. The largest absolute Gasteiger partial charge is 0.315 e. The molecule has 1 aromatic carbocycles. The Morgan fingerprint density at radius 3 is 2.41 bits per heavy atom. The zero-order valence-corrected chi connectivity index (χ0v) is 10.6. The highest BCUT2D eigenvalue weighted by Crippen LogP contribution is 2.10. The molecule has 0 unspecified atom stereocenters. The molecule has 0 aliphatic carbocycles. The summed E-state index contributed by atoms with van der Waals surface area (Å²) < 4.78 is 22.5. The van der Waals surface area contributed by atoms with E-state index in [0.29, 0.717) is 17.9 Å². The monoisotopic (exact) mass is 252 g/mol.